The minimum atomic E-state index is -3.19. The number of rotatable bonds is 3. The van der Waals surface area contributed by atoms with E-state index in [4.69, 9.17) is 5.53 Å². The Kier molecular flexibility index (Phi) is 3.13. The maximum Gasteiger partial charge on any atom is 0.208 e. The third-order valence-corrected chi connectivity index (χ3v) is 2.78. The van der Waals surface area contributed by atoms with Crippen molar-refractivity contribution >= 4 is 10.0 Å². The summed E-state index contributed by atoms with van der Waals surface area (Å²) < 4.78 is 24.2. The average Bonchev–Trinajstić information content (AvgIpc) is 2.34. The van der Waals surface area contributed by atoms with Crippen LogP contribution >= 0.6 is 0 Å². The largest absolute Gasteiger partial charge is 0.213 e. The molecule has 1 saturated carbocycles. The van der Waals surface area contributed by atoms with Gasteiger partial charge in [0.25, 0.3) is 0 Å². The second kappa shape index (κ2) is 3.95. The van der Waals surface area contributed by atoms with Crippen LogP contribution in [0, 0.1) is 0 Å². The minimum Gasteiger partial charge on any atom is -0.213 e. The van der Waals surface area contributed by atoms with Gasteiger partial charge < -0.3 is 0 Å². The van der Waals surface area contributed by atoms with Gasteiger partial charge in [-0.2, -0.15) is 0 Å². The Balaban J connectivity index is 2.64. The molecule has 1 N–H and O–H groups in total. The third-order valence-electron chi connectivity index (χ3n) is 2.04. The standard InChI is InChI=1S/C6H12N4O2S/c1-13(11,12)9-6-4-2-3-5(6)8-10-7/h5-6,9H,2-4H2,1H3. The van der Waals surface area contributed by atoms with E-state index in [1.54, 1.807) is 0 Å². The third kappa shape index (κ3) is 3.22. The zero-order valence-electron chi connectivity index (χ0n) is 7.34. The molecule has 74 valence electrons. The topological polar surface area (TPSA) is 94.9 Å². The van der Waals surface area contributed by atoms with E-state index in [0.717, 1.165) is 25.5 Å². The first-order chi connectivity index (χ1) is 6.03. The van der Waals surface area contributed by atoms with Crippen LogP contribution in [0.3, 0.4) is 0 Å². The van der Waals surface area contributed by atoms with Crippen molar-refractivity contribution in [3.05, 3.63) is 10.4 Å². The molecule has 0 aromatic rings. The molecule has 1 fully saturated rings. The van der Waals surface area contributed by atoms with Crippen LogP contribution in [0.2, 0.25) is 0 Å². The quantitative estimate of drug-likeness (QED) is 0.417. The lowest BCUT2D eigenvalue weighted by atomic mass is 10.2. The van der Waals surface area contributed by atoms with E-state index >= 15 is 0 Å². The molecule has 6 nitrogen and oxygen atoms in total. The number of nitrogens with one attached hydrogen (secondary N) is 1. The van der Waals surface area contributed by atoms with Crippen LogP contribution in [-0.4, -0.2) is 26.8 Å². The van der Waals surface area contributed by atoms with Gasteiger partial charge in [-0.05, 0) is 18.4 Å². The zero-order valence-corrected chi connectivity index (χ0v) is 8.16. The van der Waals surface area contributed by atoms with E-state index in [-0.39, 0.29) is 12.1 Å². The Morgan fingerprint density at radius 1 is 1.54 bits per heavy atom. The highest BCUT2D eigenvalue weighted by Gasteiger charge is 2.28. The van der Waals surface area contributed by atoms with Gasteiger partial charge in [-0.1, -0.05) is 11.5 Å². The monoisotopic (exact) mass is 204 g/mol. The van der Waals surface area contributed by atoms with Crippen molar-refractivity contribution in [2.45, 2.75) is 31.3 Å². The molecule has 0 bridgehead atoms. The molecule has 0 heterocycles. The molecule has 1 aliphatic rings. The number of azide groups is 1. The second-order valence-corrected chi connectivity index (χ2v) is 4.98. The minimum absolute atomic E-state index is 0.217. The van der Waals surface area contributed by atoms with Crippen molar-refractivity contribution in [1.29, 1.82) is 0 Å². The van der Waals surface area contributed by atoms with Gasteiger partial charge in [0.15, 0.2) is 0 Å². The molecular formula is C6H12N4O2S. The average molecular weight is 204 g/mol. The van der Waals surface area contributed by atoms with Gasteiger partial charge in [0.05, 0.1) is 12.3 Å². The Labute approximate surface area is 77.0 Å². The van der Waals surface area contributed by atoms with Gasteiger partial charge in [-0.3, -0.25) is 0 Å². The fraction of sp³-hybridized carbons (Fsp3) is 1.00. The maximum absolute atomic E-state index is 10.9. The van der Waals surface area contributed by atoms with Gasteiger partial charge in [0, 0.05) is 11.0 Å². The van der Waals surface area contributed by atoms with Gasteiger partial charge >= 0.3 is 0 Å². The molecular weight excluding hydrogens is 192 g/mol. The van der Waals surface area contributed by atoms with Crippen LogP contribution in [0.4, 0.5) is 0 Å². The summed E-state index contributed by atoms with van der Waals surface area (Å²) in [5.41, 5.74) is 8.22. The summed E-state index contributed by atoms with van der Waals surface area (Å²) >= 11 is 0. The Morgan fingerprint density at radius 2 is 2.23 bits per heavy atom. The van der Waals surface area contributed by atoms with Crippen LogP contribution < -0.4 is 4.72 Å². The van der Waals surface area contributed by atoms with E-state index in [1.165, 1.54) is 0 Å². The zero-order chi connectivity index (χ0) is 9.90. The van der Waals surface area contributed by atoms with Crippen molar-refractivity contribution < 1.29 is 8.42 Å². The summed E-state index contributed by atoms with van der Waals surface area (Å²) in [7, 11) is -3.19. The van der Waals surface area contributed by atoms with Crippen LogP contribution in [0.25, 0.3) is 10.4 Å². The van der Waals surface area contributed by atoms with Crippen LogP contribution in [0.15, 0.2) is 5.11 Å². The molecule has 1 aliphatic carbocycles. The highest BCUT2D eigenvalue weighted by Crippen LogP contribution is 2.22. The van der Waals surface area contributed by atoms with Crippen molar-refractivity contribution in [2.75, 3.05) is 6.26 Å². The fourth-order valence-electron chi connectivity index (χ4n) is 1.56. The van der Waals surface area contributed by atoms with E-state index in [1.807, 2.05) is 0 Å². The first-order valence-electron chi connectivity index (χ1n) is 4.04. The molecule has 0 saturated heterocycles. The molecule has 0 amide bonds. The normalized spacial score (nSPS) is 28.4. The number of nitrogens with zero attached hydrogens (tertiary/aromatic N) is 3. The lowest BCUT2D eigenvalue weighted by molar-refractivity contribution is 0.525. The van der Waals surface area contributed by atoms with Crippen LogP contribution in [0.5, 0.6) is 0 Å². The van der Waals surface area contributed by atoms with Crippen molar-refractivity contribution in [2.24, 2.45) is 5.11 Å². The first kappa shape index (κ1) is 10.3. The molecule has 2 atom stereocenters. The lowest BCUT2D eigenvalue weighted by Crippen LogP contribution is -2.38. The summed E-state index contributed by atoms with van der Waals surface area (Å²) in [6, 6.07) is -0.439. The van der Waals surface area contributed by atoms with Crippen LogP contribution in [0.1, 0.15) is 19.3 Å². The molecule has 0 spiro atoms. The van der Waals surface area contributed by atoms with Gasteiger partial charge in [-0.25, -0.2) is 13.1 Å². The Morgan fingerprint density at radius 3 is 2.77 bits per heavy atom. The summed E-state index contributed by atoms with van der Waals surface area (Å²) in [5, 5.41) is 3.54. The first-order valence-corrected chi connectivity index (χ1v) is 5.93. The Hall–Kier alpha value is -0.780. The maximum atomic E-state index is 10.9. The number of hydrogen-bond acceptors (Lipinski definition) is 3. The highest BCUT2D eigenvalue weighted by atomic mass is 32.2. The van der Waals surface area contributed by atoms with Gasteiger partial charge in [-0.15, -0.1) is 0 Å². The SMILES string of the molecule is CS(=O)(=O)NC1CCCC1N=[N+]=[N-]. The summed E-state index contributed by atoms with van der Waals surface area (Å²) in [5.74, 6) is 0. The molecule has 0 radical (unpaired) electrons. The molecule has 0 aliphatic heterocycles. The fourth-order valence-corrected chi connectivity index (χ4v) is 2.38. The van der Waals surface area contributed by atoms with E-state index < -0.39 is 10.0 Å². The molecule has 0 aromatic carbocycles. The molecule has 7 heteroatoms. The van der Waals surface area contributed by atoms with Crippen molar-refractivity contribution in [3.63, 3.8) is 0 Å². The molecule has 0 aromatic heterocycles. The summed E-state index contributed by atoms with van der Waals surface area (Å²) in [6.07, 6.45) is 3.52. The van der Waals surface area contributed by atoms with Crippen LogP contribution in [-0.2, 0) is 10.0 Å². The molecule has 2 unspecified atom stereocenters. The van der Waals surface area contributed by atoms with E-state index in [2.05, 4.69) is 14.7 Å². The van der Waals surface area contributed by atoms with Gasteiger partial charge in [0.1, 0.15) is 0 Å². The van der Waals surface area contributed by atoms with Gasteiger partial charge in [0.2, 0.25) is 10.0 Å². The number of sulfonamides is 1. The second-order valence-electron chi connectivity index (χ2n) is 3.20. The Bertz CT molecular complexity index is 320. The van der Waals surface area contributed by atoms with Crippen molar-refractivity contribution in [1.82, 2.24) is 4.72 Å². The summed E-state index contributed by atoms with van der Waals surface area (Å²) in [6.45, 7) is 0. The smallest absolute Gasteiger partial charge is 0.208 e. The summed E-state index contributed by atoms with van der Waals surface area (Å²) in [4.78, 5) is 2.69. The molecule has 1 rings (SSSR count). The predicted molar refractivity (Wildman–Crippen MR) is 48.6 cm³/mol. The highest BCUT2D eigenvalue weighted by molar-refractivity contribution is 7.88. The molecule has 13 heavy (non-hydrogen) atoms. The van der Waals surface area contributed by atoms with E-state index in [0.29, 0.717) is 0 Å². The lowest BCUT2D eigenvalue weighted by Gasteiger charge is -2.14. The predicted octanol–water partition coefficient (Wildman–Crippen LogP) is 0.767. The number of hydrogen-bond donors (Lipinski definition) is 1. The van der Waals surface area contributed by atoms with Crippen molar-refractivity contribution in [3.8, 4) is 0 Å². The van der Waals surface area contributed by atoms with E-state index in [9.17, 15) is 8.42 Å².